The van der Waals surface area contributed by atoms with Gasteiger partial charge < -0.3 is 4.74 Å². The largest absolute Gasteiger partial charge is 0.452 e. The van der Waals surface area contributed by atoms with Crippen LogP contribution in [0.4, 0.5) is 4.79 Å². The summed E-state index contributed by atoms with van der Waals surface area (Å²) < 4.78 is 29.5. The third kappa shape index (κ3) is 3.69. The van der Waals surface area contributed by atoms with E-state index in [9.17, 15) is 13.2 Å². The first-order valence-electron chi connectivity index (χ1n) is 3.74. The SMILES string of the molecule is COC(=O)NS(=O)(=O)N(C)C(C)CCl. The minimum atomic E-state index is -3.86. The number of carbonyl (C=O) groups excluding carboxylic acids is 1. The molecule has 1 amide bonds. The van der Waals surface area contributed by atoms with Crippen molar-refractivity contribution >= 4 is 27.9 Å². The fourth-order valence-corrected chi connectivity index (χ4v) is 1.83. The molecular weight excluding hydrogens is 232 g/mol. The smallest absolute Gasteiger partial charge is 0.421 e. The van der Waals surface area contributed by atoms with Crippen molar-refractivity contribution < 1.29 is 17.9 Å². The molecular formula is C6H13ClN2O4S. The lowest BCUT2D eigenvalue weighted by Crippen LogP contribution is -2.45. The molecule has 1 unspecified atom stereocenters. The van der Waals surface area contributed by atoms with Crippen LogP contribution >= 0.6 is 11.6 Å². The average molecular weight is 245 g/mol. The maximum Gasteiger partial charge on any atom is 0.421 e. The van der Waals surface area contributed by atoms with Crippen molar-refractivity contribution in [2.45, 2.75) is 13.0 Å². The van der Waals surface area contributed by atoms with Crippen molar-refractivity contribution in [2.75, 3.05) is 20.0 Å². The van der Waals surface area contributed by atoms with E-state index < -0.39 is 22.3 Å². The summed E-state index contributed by atoms with van der Waals surface area (Å²) in [7, 11) is -1.46. The number of hydrogen-bond acceptors (Lipinski definition) is 4. The second kappa shape index (κ2) is 5.38. The van der Waals surface area contributed by atoms with Gasteiger partial charge in [-0.05, 0) is 6.92 Å². The van der Waals surface area contributed by atoms with Crippen LogP contribution in [0.2, 0.25) is 0 Å². The van der Waals surface area contributed by atoms with Crippen molar-refractivity contribution in [2.24, 2.45) is 0 Å². The highest BCUT2D eigenvalue weighted by atomic mass is 35.5. The molecule has 8 heteroatoms. The van der Waals surface area contributed by atoms with Crippen LogP contribution in [0.5, 0.6) is 0 Å². The summed E-state index contributed by atoms with van der Waals surface area (Å²) in [5.41, 5.74) is 0. The second-order valence-corrected chi connectivity index (χ2v) is 4.66. The molecule has 0 aromatic carbocycles. The van der Waals surface area contributed by atoms with Crippen molar-refractivity contribution in [1.82, 2.24) is 9.03 Å². The second-order valence-electron chi connectivity index (χ2n) is 2.62. The Morgan fingerprint density at radius 1 is 1.64 bits per heavy atom. The molecule has 14 heavy (non-hydrogen) atoms. The summed E-state index contributed by atoms with van der Waals surface area (Å²) in [4.78, 5) is 10.7. The number of carbonyl (C=O) groups is 1. The van der Waals surface area contributed by atoms with Crippen molar-refractivity contribution in [3.63, 3.8) is 0 Å². The summed E-state index contributed by atoms with van der Waals surface area (Å²) in [6, 6.07) is -0.404. The number of rotatable bonds is 4. The van der Waals surface area contributed by atoms with Crippen molar-refractivity contribution in [1.29, 1.82) is 0 Å². The normalized spacial score (nSPS) is 13.8. The molecule has 84 valence electrons. The van der Waals surface area contributed by atoms with Gasteiger partial charge in [-0.2, -0.15) is 12.7 Å². The lowest BCUT2D eigenvalue weighted by Gasteiger charge is -2.21. The number of nitrogens with one attached hydrogen (secondary N) is 1. The molecule has 0 spiro atoms. The monoisotopic (exact) mass is 244 g/mol. The molecule has 1 N–H and O–H groups in total. The fraction of sp³-hybridized carbons (Fsp3) is 0.833. The molecule has 0 saturated heterocycles. The average Bonchev–Trinajstić information content (AvgIpc) is 2.14. The van der Waals surface area contributed by atoms with E-state index >= 15 is 0 Å². The minimum Gasteiger partial charge on any atom is -0.452 e. The molecule has 0 radical (unpaired) electrons. The highest BCUT2D eigenvalue weighted by Crippen LogP contribution is 2.03. The third-order valence-electron chi connectivity index (χ3n) is 1.62. The molecule has 0 aliphatic rings. The maximum atomic E-state index is 11.4. The summed E-state index contributed by atoms with van der Waals surface area (Å²) in [6.45, 7) is 1.61. The van der Waals surface area contributed by atoms with E-state index in [1.54, 1.807) is 11.6 Å². The number of nitrogens with zero attached hydrogens (tertiary/aromatic N) is 1. The predicted octanol–water partition coefficient (Wildman–Crippen LogP) is 0.146. The van der Waals surface area contributed by atoms with Gasteiger partial charge in [0.2, 0.25) is 0 Å². The van der Waals surface area contributed by atoms with Gasteiger partial charge in [-0.15, -0.1) is 11.6 Å². The summed E-state index contributed by atoms with van der Waals surface area (Å²) in [6.07, 6.45) is -1.03. The van der Waals surface area contributed by atoms with Crippen LogP contribution in [-0.2, 0) is 14.9 Å². The van der Waals surface area contributed by atoms with Crippen LogP contribution in [0.15, 0.2) is 0 Å². The third-order valence-corrected chi connectivity index (χ3v) is 3.61. The van der Waals surface area contributed by atoms with Gasteiger partial charge in [-0.3, -0.25) is 0 Å². The Kier molecular flexibility index (Phi) is 5.17. The number of amides is 1. The zero-order valence-electron chi connectivity index (χ0n) is 8.15. The number of methoxy groups -OCH3 is 1. The maximum absolute atomic E-state index is 11.4. The molecule has 0 aromatic rings. The topological polar surface area (TPSA) is 75.7 Å². The van der Waals surface area contributed by atoms with Crippen molar-refractivity contribution in [3.8, 4) is 0 Å². The Morgan fingerprint density at radius 2 is 2.14 bits per heavy atom. The van der Waals surface area contributed by atoms with E-state index in [0.717, 1.165) is 11.4 Å². The fourth-order valence-electron chi connectivity index (χ4n) is 0.553. The van der Waals surface area contributed by atoms with Gasteiger partial charge in [0.1, 0.15) is 0 Å². The molecule has 0 rings (SSSR count). The summed E-state index contributed by atoms with van der Waals surface area (Å²) >= 11 is 5.47. The first-order chi connectivity index (χ1) is 6.35. The Labute approximate surface area is 88.3 Å². The van der Waals surface area contributed by atoms with Crippen LogP contribution < -0.4 is 4.72 Å². The molecule has 0 aromatic heterocycles. The number of halogens is 1. The van der Waals surface area contributed by atoms with Gasteiger partial charge in [0.15, 0.2) is 0 Å². The molecule has 0 heterocycles. The highest BCUT2D eigenvalue weighted by molar-refractivity contribution is 7.87. The standard InChI is InChI=1S/C6H13ClN2O4S/c1-5(4-7)9(2)14(11,12)8-6(10)13-3/h5H,4H2,1-3H3,(H,8,10). The van der Waals surface area contributed by atoms with E-state index in [2.05, 4.69) is 4.74 Å². The van der Waals surface area contributed by atoms with Gasteiger partial charge in [0.25, 0.3) is 0 Å². The summed E-state index contributed by atoms with van der Waals surface area (Å²) in [5, 5.41) is 0. The molecule has 0 saturated carbocycles. The zero-order chi connectivity index (χ0) is 11.4. The van der Waals surface area contributed by atoms with Gasteiger partial charge in [0.05, 0.1) is 7.11 Å². The Hall–Kier alpha value is -0.530. The van der Waals surface area contributed by atoms with Crippen LogP contribution in [-0.4, -0.2) is 44.9 Å². The van der Waals surface area contributed by atoms with Crippen LogP contribution in [0.25, 0.3) is 0 Å². The molecule has 6 nitrogen and oxygen atoms in total. The molecule has 0 bridgehead atoms. The van der Waals surface area contributed by atoms with E-state index in [0.29, 0.717) is 0 Å². The van der Waals surface area contributed by atoms with Crippen molar-refractivity contribution in [3.05, 3.63) is 0 Å². The van der Waals surface area contributed by atoms with Crippen LogP contribution in [0.3, 0.4) is 0 Å². The first kappa shape index (κ1) is 13.5. The van der Waals surface area contributed by atoms with Gasteiger partial charge in [0, 0.05) is 19.0 Å². The lowest BCUT2D eigenvalue weighted by molar-refractivity contribution is 0.177. The number of alkyl halides is 1. The Morgan fingerprint density at radius 3 is 2.50 bits per heavy atom. The van der Waals surface area contributed by atoms with E-state index in [-0.39, 0.29) is 5.88 Å². The van der Waals surface area contributed by atoms with E-state index in [1.165, 1.54) is 7.05 Å². The number of ether oxygens (including phenoxy) is 1. The lowest BCUT2D eigenvalue weighted by atomic mass is 10.4. The predicted molar refractivity (Wildman–Crippen MR) is 52.4 cm³/mol. The van der Waals surface area contributed by atoms with E-state index in [4.69, 9.17) is 11.6 Å². The molecule has 0 fully saturated rings. The highest BCUT2D eigenvalue weighted by Gasteiger charge is 2.24. The molecule has 0 aliphatic carbocycles. The van der Waals surface area contributed by atoms with Crippen LogP contribution in [0.1, 0.15) is 6.92 Å². The van der Waals surface area contributed by atoms with E-state index in [1.807, 2.05) is 0 Å². The van der Waals surface area contributed by atoms with Gasteiger partial charge in [-0.25, -0.2) is 9.52 Å². The molecule has 0 aliphatic heterocycles. The Bertz CT molecular complexity index is 292. The van der Waals surface area contributed by atoms with Crippen LogP contribution in [0, 0.1) is 0 Å². The minimum absolute atomic E-state index is 0.137. The number of hydrogen-bond donors (Lipinski definition) is 1. The summed E-state index contributed by atoms with van der Waals surface area (Å²) in [5.74, 6) is 0.137. The first-order valence-corrected chi connectivity index (χ1v) is 5.72. The quantitative estimate of drug-likeness (QED) is 0.714. The molecule has 1 atom stereocenters. The Balaban J connectivity index is 4.54. The van der Waals surface area contributed by atoms with Gasteiger partial charge >= 0.3 is 16.3 Å². The zero-order valence-corrected chi connectivity index (χ0v) is 9.72. The van der Waals surface area contributed by atoms with Gasteiger partial charge in [-0.1, -0.05) is 0 Å².